The molecule has 3 N–H and O–H groups in total. The molecule has 9 heteroatoms. The third-order valence-corrected chi connectivity index (χ3v) is 9.97. The monoisotopic (exact) mass is 587 g/mol. The number of anilines is 1. The van der Waals surface area contributed by atoms with E-state index in [1.54, 1.807) is 11.9 Å². The van der Waals surface area contributed by atoms with Crippen LogP contribution in [-0.2, 0) is 20.8 Å². The minimum Gasteiger partial charge on any atom is -0.493 e. The van der Waals surface area contributed by atoms with Crippen LogP contribution in [0.5, 0.6) is 5.75 Å². The second-order valence-electron chi connectivity index (χ2n) is 12.5. The van der Waals surface area contributed by atoms with Crippen molar-refractivity contribution in [3.63, 3.8) is 0 Å². The molecule has 0 spiro atoms. The highest BCUT2D eigenvalue weighted by molar-refractivity contribution is 5.94. The van der Waals surface area contributed by atoms with E-state index in [0.29, 0.717) is 32.5 Å². The van der Waals surface area contributed by atoms with E-state index in [1.807, 2.05) is 43.3 Å². The smallest absolute Gasteiger partial charge is 0.246 e. The van der Waals surface area contributed by atoms with Gasteiger partial charge in [0.1, 0.15) is 17.8 Å². The largest absolute Gasteiger partial charge is 0.493 e. The highest BCUT2D eigenvalue weighted by Gasteiger charge is 2.46. The van der Waals surface area contributed by atoms with Gasteiger partial charge in [0.05, 0.1) is 24.7 Å². The second kappa shape index (κ2) is 13.0. The lowest BCUT2D eigenvalue weighted by atomic mass is 9.82. The van der Waals surface area contributed by atoms with Gasteiger partial charge in [-0.15, -0.1) is 0 Å². The maximum absolute atomic E-state index is 14.7. The van der Waals surface area contributed by atoms with E-state index in [4.69, 9.17) is 4.74 Å². The molecule has 1 aliphatic carbocycles. The molecule has 3 aliphatic heterocycles. The van der Waals surface area contributed by atoms with Crippen molar-refractivity contribution in [1.82, 2.24) is 20.9 Å². The molecule has 5 atom stereocenters. The van der Waals surface area contributed by atoms with Crippen LogP contribution in [0.25, 0.3) is 0 Å². The first-order valence-electron chi connectivity index (χ1n) is 16.1. The Hall–Kier alpha value is -3.59. The van der Waals surface area contributed by atoms with Crippen LogP contribution < -0.4 is 25.6 Å². The van der Waals surface area contributed by atoms with Crippen molar-refractivity contribution in [1.29, 1.82) is 0 Å². The normalized spacial score (nSPS) is 24.6. The van der Waals surface area contributed by atoms with Crippen molar-refractivity contribution in [2.45, 2.75) is 88.5 Å². The molecular weight excluding hydrogens is 542 g/mol. The molecule has 0 radical (unpaired) electrons. The fourth-order valence-electron chi connectivity index (χ4n) is 7.60. The summed E-state index contributed by atoms with van der Waals surface area (Å²) in [7, 11) is 1.77. The number of para-hydroxylation sites is 2. The molecule has 3 heterocycles. The van der Waals surface area contributed by atoms with Crippen molar-refractivity contribution in [2.24, 2.45) is 5.92 Å². The number of amides is 3. The molecule has 9 nitrogen and oxygen atoms in total. The van der Waals surface area contributed by atoms with Crippen LogP contribution in [0.3, 0.4) is 0 Å². The number of carbonyl (C=O) groups excluding carboxylic acids is 3. The minimum atomic E-state index is -0.681. The average Bonchev–Trinajstić information content (AvgIpc) is 3.41. The highest BCUT2D eigenvalue weighted by atomic mass is 16.5. The fraction of sp³-hybridized carbons (Fsp3) is 0.559. The molecule has 4 aliphatic rings. The van der Waals surface area contributed by atoms with Crippen LogP contribution in [0.15, 0.2) is 48.5 Å². The molecule has 2 fully saturated rings. The summed E-state index contributed by atoms with van der Waals surface area (Å²) >= 11 is 0. The van der Waals surface area contributed by atoms with Gasteiger partial charge < -0.3 is 30.5 Å². The molecular formula is C34H45N5O4. The Kier molecular flexibility index (Phi) is 8.88. The standard InChI is InChI=1S/C34H45N5O4/c1-3-26(35-2)32(40)37-31(22-11-5-4-6-12-22)34(42)39-20-24-19-23-13-7-9-15-28(23)38(24)21-29(39)33(41)36-27-17-18-43-30-16-10-8-14-25(27)30/h7-10,13-16,22,24,26-27,29,31,35H,3-6,11-12,17-21H2,1-2H3,(H,36,41)(H,37,40)/t24?,26-,27+,29?,31-/m0/s1. The number of likely N-dealkylation sites (N-methyl/N-ethyl adjacent to an activating group) is 1. The van der Waals surface area contributed by atoms with Crippen LogP contribution in [0, 0.1) is 5.92 Å². The van der Waals surface area contributed by atoms with Crippen LogP contribution in [0.1, 0.15) is 69.0 Å². The zero-order valence-electron chi connectivity index (χ0n) is 25.4. The van der Waals surface area contributed by atoms with Gasteiger partial charge in [-0.1, -0.05) is 62.6 Å². The first kappa shape index (κ1) is 29.5. The second-order valence-corrected chi connectivity index (χ2v) is 12.5. The van der Waals surface area contributed by atoms with Gasteiger partial charge in [0, 0.05) is 30.8 Å². The van der Waals surface area contributed by atoms with E-state index in [0.717, 1.165) is 55.5 Å². The summed E-state index contributed by atoms with van der Waals surface area (Å²) in [5.41, 5.74) is 3.35. The molecule has 3 amide bonds. The number of benzene rings is 2. The van der Waals surface area contributed by atoms with E-state index in [9.17, 15) is 14.4 Å². The number of nitrogens with one attached hydrogen (secondary N) is 3. The van der Waals surface area contributed by atoms with Crippen LogP contribution >= 0.6 is 0 Å². The van der Waals surface area contributed by atoms with E-state index in [1.165, 1.54) is 5.56 Å². The van der Waals surface area contributed by atoms with E-state index < -0.39 is 12.1 Å². The summed E-state index contributed by atoms with van der Waals surface area (Å²) in [6.45, 7) is 3.35. The van der Waals surface area contributed by atoms with Crippen molar-refractivity contribution in [3.05, 3.63) is 59.7 Å². The van der Waals surface area contributed by atoms with Crippen molar-refractivity contribution < 1.29 is 19.1 Å². The summed E-state index contributed by atoms with van der Waals surface area (Å²) < 4.78 is 5.84. The summed E-state index contributed by atoms with van der Waals surface area (Å²) in [5.74, 6) is 0.409. The molecule has 2 aromatic carbocycles. The molecule has 1 saturated carbocycles. The van der Waals surface area contributed by atoms with Gasteiger partial charge in [-0.2, -0.15) is 0 Å². The molecule has 6 rings (SSSR count). The van der Waals surface area contributed by atoms with Gasteiger partial charge in [0.25, 0.3) is 0 Å². The van der Waals surface area contributed by atoms with Gasteiger partial charge in [-0.05, 0) is 56.3 Å². The number of hydrogen-bond acceptors (Lipinski definition) is 6. The number of ether oxygens (including phenoxy) is 1. The SMILES string of the molecule is CC[C@H](NC)C(=O)N[C@H](C(=O)N1CC2Cc3ccccc3N2CC1C(=O)N[C@@H]1CCOc2ccccc21)C1CCCCC1. The van der Waals surface area contributed by atoms with Crippen LogP contribution in [-0.4, -0.2) is 73.5 Å². The Balaban J connectivity index is 1.30. The number of nitrogens with zero attached hydrogens (tertiary/aromatic N) is 2. The predicted molar refractivity (Wildman–Crippen MR) is 166 cm³/mol. The Morgan fingerprint density at radius 1 is 0.977 bits per heavy atom. The zero-order valence-corrected chi connectivity index (χ0v) is 25.4. The van der Waals surface area contributed by atoms with Gasteiger partial charge in [0.2, 0.25) is 17.7 Å². The zero-order chi connectivity index (χ0) is 29.9. The first-order valence-corrected chi connectivity index (χ1v) is 16.1. The Labute approximate surface area is 254 Å². The van der Waals surface area contributed by atoms with Crippen molar-refractivity contribution in [3.8, 4) is 5.75 Å². The Morgan fingerprint density at radius 2 is 1.74 bits per heavy atom. The third-order valence-electron chi connectivity index (χ3n) is 9.97. The summed E-state index contributed by atoms with van der Waals surface area (Å²) in [6.07, 6.45) is 7.18. The number of piperazine rings is 1. The fourth-order valence-corrected chi connectivity index (χ4v) is 7.60. The maximum Gasteiger partial charge on any atom is 0.246 e. The lowest BCUT2D eigenvalue weighted by molar-refractivity contribution is -0.146. The maximum atomic E-state index is 14.7. The number of rotatable bonds is 8. The van der Waals surface area contributed by atoms with Gasteiger partial charge >= 0.3 is 0 Å². The van der Waals surface area contributed by atoms with E-state index in [-0.39, 0.29) is 41.8 Å². The molecule has 0 bridgehead atoms. The Morgan fingerprint density at radius 3 is 2.53 bits per heavy atom. The molecule has 2 unspecified atom stereocenters. The molecule has 43 heavy (non-hydrogen) atoms. The molecule has 1 saturated heterocycles. The lowest BCUT2D eigenvalue weighted by Gasteiger charge is -2.46. The van der Waals surface area contributed by atoms with Crippen LogP contribution in [0.4, 0.5) is 5.69 Å². The minimum absolute atomic E-state index is 0.0597. The molecule has 2 aromatic rings. The predicted octanol–water partition coefficient (Wildman–Crippen LogP) is 3.33. The first-order chi connectivity index (χ1) is 21.0. The topological polar surface area (TPSA) is 103 Å². The van der Waals surface area contributed by atoms with Crippen molar-refractivity contribution >= 4 is 23.4 Å². The lowest BCUT2D eigenvalue weighted by Crippen LogP contribution is -2.67. The molecule has 0 aromatic heterocycles. The van der Waals surface area contributed by atoms with Gasteiger partial charge in [-0.3, -0.25) is 14.4 Å². The van der Waals surface area contributed by atoms with E-state index in [2.05, 4.69) is 33.0 Å². The Bertz CT molecular complexity index is 1320. The average molecular weight is 588 g/mol. The number of hydrogen-bond donors (Lipinski definition) is 3. The highest BCUT2D eigenvalue weighted by Crippen LogP contribution is 2.37. The number of carbonyl (C=O) groups is 3. The summed E-state index contributed by atoms with van der Waals surface area (Å²) in [6, 6.07) is 14.4. The summed E-state index contributed by atoms with van der Waals surface area (Å²) in [4.78, 5) is 46.4. The number of fused-ring (bicyclic) bond motifs is 4. The third kappa shape index (κ3) is 5.96. The quantitative estimate of drug-likeness (QED) is 0.438. The van der Waals surface area contributed by atoms with E-state index >= 15 is 0 Å². The van der Waals surface area contributed by atoms with Gasteiger partial charge in [0.15, 0.2) is 0 Å². The van der Waals surface area contributed by atoms with Gasteiger partial charge in [-0.25, -0.2) is 0 Å². The summed E-state index contributed by atoms with van der Waals surface area (Å²) in [5, 5.41) is 9.54. The molecule has 230 valence electrons. The van der Waals surface area contributed by atoms with Crippen molar-refractivity contribution in [2.75, 3.05) is 31.6 Å². The van der Waals surface area contributed by atoms with Crippen LogP contribution in [0.2, 0.25) is 0 Å².